The first-order chi connectivity index (χ1) is 12.6. The molecule has 0 spiro atoms. The van der Waals surface area contributed by atoms with Gasteiger partial charge in [-0.05, 0) is 64.2 Å². The largest absolute Gasteiger partial charge is 0.497 e. The first-order valence-corrected chi connectivity index (χ1v) is 8.60. The van der Waals surface area contributed by atoms with Crippen LogP contribution in [0.5, 0.6) is 11.5 Å². The predicted molar refractivity (Wildman–Crippen MR) is 105 cm³/mol. The molecule has 0 saturated carbocycles. The molecule has 0 fully saturated rings. The maximum absolute atomic E-state index is 11.2. The molecule has 4 nitrogen and oxygen atoms in total. The zero-order chi connectivity index (χ0) is 18.5. The molecule has 0 radical (unpaired) electrons. The van der Waals surface area contributed by atoms with E-state index < -0.39 is 0 Å². The molecular weight excluding hydrogens is 326 g/mol. The molecule has 134 valence electrons. The second kappa shape index (κ2) is 7.91. The summed E-state index contributed by atoms with van der Waals surface area (Å²) in [5, 5.41) is 5.17. The highest BCUT2D eigenvalue weighted by Crippen LogP contribution is 2.31. The van der Waals surface area contributed by atoms with Crippen LogP contribution in [0.4, 0.5) is 0 Å². The molecule has 0 heterocycles. The van der Waals surface area contributed by atoms with Crippen molar-refractivity contribution in [1.29, 1.82) is 0 Å². The lowest BCUT2D eigenvalue weighted by Crippen LogP contribution is -2.22. The Morgan fingerprint density at radius 3 is 2.23 bits per heavy atom. The lowest BCUT2D eigenvalue weighted by Gasteiger charge is -2.13. The summed E-state index contributed by atoms with van der Waals surface area (Å²) in [6, 6.07) is 18.5. The number of carbonyl (C=O) groups excluding carboxylic acids is 1. The van der Waals surface area contributed by atoms with Crippen molar-refractivity contribution < 1.29 is 14.3 Å². The van der Waals surface area contributed by atoms with Crippen LogP contribution in [-0.2, 0) is 11.2 Å². The molecule has 3 rings (SSSR count). The molecule has 0 aromatic heterocycles. The molecule has 0 unspecified atom stereocenters. The predicted octanol–water partition coefficient (Wildman–Crippen LogP) is 4.20. The standard InChI is InChI=1S/C22H23NO3/c1-15(24)23-11-10-18-13-19(16-4-7-20(25-2)8-5-16)12-17-6-9-21(26-3)14-22(17)18/h4-9,12-14H,10-11H2,1-3H3,(H,23,24). The van der Waals surface area contributed by atoms with Crippen molar-refractivity contribution in [1.82, 2.24) is 5.32 Å². The summed E-state index contributed by atoms with van der Waals surface area (Å²) in [5.74, 6) is 1.65. The lowest BCUT2D eigenvalue weighted by molar-refractivity contribution is -0.118. The van der Waals surface area contributed by atoms with Crippen LogP contribution in [0, 0.1) is 0 Å². The number of methoxy groups -OCH3 is 2. The highest BCUT2D eigenvalue weighted by molar-refractivity contribution is 5.91. The Bertz CT molecular complexity index is 917. The Morgan fingerprint density at radius 2 is 1.58 bits per heavy atom. The van der Waals surface area contributed by atoms with E-state index in [1.165, 1.54) is 12.5 Å². The Labute approximate surface area is 153 Å². The second-order valence-corrected chi connectivity index (χ2v) is 6.18. The van der Waals surface area contributed by atoms with Gasteiger partial charge in [-0.2, -0.15) is 0 Å². The van der Waals surface area contributed by atoms with Crippen molar-refractivity contribution in [2.45, 2.75) is 13.3 Å². The van der Waals surface area contributed by atoms with E-state index >= 15 is 0 Å². The minimum atomic E-state index is -0.0156. The van der Waals surface area contributed by atoms with Crippen molar-refractivity contribution in [3.8, 4) is 22.6 Å². The lowest BCUT2D eigenvalue weighted by atomic mass is 9.95. The van der Waals surface area contributed by atoms with Gasteiger partial charge in [0.25, 0.3) is 0 Å². The molecule has 1 amide bonds. The Hall–Kier alpha value is -3.01. The summed E-state index contributed by atoms with van der Waals surface area (Å²) >= 11 is 0. The molecular formula is C22H23NO3. The normalized spacial score (nSPS) is 10.6. The van der Waals surface area contributed by atoms with Crippen LogP contribution in [0.1, 0.15) is 12.5 Å². The van der Waals surface area contributed by atoms with Crippen LogP contribution >= 0.6 is 0 Å². The molecule has 4 heteroatoms. The maximum Gasteiger partial charge on any atom is 0.216 e. The van der Waals surface area contributed by atoms with E-state index in [-0.39, 0.29) is 5.91 Å². The van der Waals surface area contributed by atoms with Crippen LogP contribution < -0.4 is 14.8 Å². The molecule has 0 bridgehead atoms. The third kappa shape index (κ3) is 3.97. The molecule has 0 aliphatic carbocycles. The average molecular weight is 349 g/mol. The topological polar surface area (TPSA) is 47.6 Å². The zero-order valence-corrected chi connectivity index (χ0v) is 15.3. The fraction of sp³-hybridized carbons (Fsp3) is 0.227. The van der Waals surface area contributed by atoms with Crippen molar-refractivity contribution >= 4 is 16.7 Å². The number of nitrogens with one attached hydrogen (secondary N) is 1. The first kappa shape index (κ1) is 17.8. The van der Waals surface area contributed by atoms with Crippen LogP contribution in [0.25, 0.3) is 21.9 Å². The van der Waals surface area contributed by atoms with E-state index in [1.54, 1.807) is 14.2 Å². The van der Waals surface area contributed by atoms with Gasteiger partial charge in [-0.3, -0.25) is 4.79 Å². The summed E-state index contributed by atoms with van der Waals surface area (Å²) in [5.41, 5.74) is 3.45. The van der Waals surface area contributed by atoms with Gasteiger partial charge in [-0.25, -0.2) is 0 Å². The summed E-state index contributed by atoms with van der Waals surface area (Å²) < 4.78 is 10.6. The first-order valence-electron chi connectivity index (χ1n) is 8.60. The van der Waals surface area contributed by atoms with Gasteiger partial charge in [-0.1, -0.05) is 24.3 Å². The van der Waals surface area contributed by atoms with Crippen LogP contribution in [-0.4, -0.2) is 26.7 Å². The van der Waals surface area contributed by atoms with Crippen LogP contribution in [0.15, 0.2) is 54.6 Å². The van der Waals surface area contributed by atoms with E-state index in [1.807, 2.05) is 18.2 Å². The summed E-state index contributed by atoms with van der Waals surface area (Å²) in [4.78, 5) is 11.2. The minimum Gasteiger partial charge on any atom is -0.497 e. The monoisotopic (exact) mass is 349 g/mol. The third-order valence-corrected chi connectivity index (χ3v) is 4.44. The van der Waals surface area contributed by atoms with Gasteiger partial charge >= 0.3 is 0 Å². The number of ether oxygens (including phenoxy) is 2. The number of hydrogen-bond acceptors (Lipinski definition) is 3. The summed E-state index contributed by atoms with van der Waals surface area (Å²) in [6.07, 6.45) is 0.757. The van der Waals surface area contributed by atoms with Gasteiger partial charge in [0.2, 0.25) is 5.91 Å². The van der Waals surface area contributed by atoms with Crippen molar-refractivity contribution in [2.24, 2.45) is 0 Å². The molecule has 0 atom stereocenters. The van der Waals surface area contributed by atoms with E-state index in [4.69, 9.17) is 9.47 Å². The van der Waals surface area contributed by atoms with Crippen molar-refractivity contribution in [2.75, 3.05) is 20.8 Å². The number of amides is 1. The van der Waals surface area contributed by atoms with E-state index in [9.17, 15) is 4.79 Å². The van der Waals surface area contributed by atoms with Gasteiger partial charge in [0.05, 0.1) is 14.2 Å². The quantitative estimate of drug-likeness (QED) is 0.725. The fourth-order valence-corrected chi connectivity index (χ4v) is 3.07. The van der Waals surface area contributed by atoms with Gasteiger partial charge in [-0.15, -0.1) is 0 Å². The van der Waals surface area contributed by atoms with Gasteiger partial charge in [0.15, 0.2) is 0 Å². The van der Waals surface area contributed by atoms with Gasteiger partial charge < -0.3 is 14.8 Å². The highest BCUT2D eigenvalue weighted by Gasteiger charge is 2.08. The van der Waals surface area contributed by atoms with Crippen molar-refractivity contribution in [3.05, 3.63) is 60.2 Å². The SMILES string of the molecule is COc1ccc(-c2cc(CCNC(C)=O)c3cc(OC)ccc3c2)cc1. The smallest absolute Gasteiger partial charge is 0.216 e. The van der Waals surface area contributed by atoms with Gasteiger partial charge in [0, 0.05) is 13.5 Å². The molecule has 3 aromatic carbocycles. The third-order valence-electron chi connectivity index (χ3n) is 4.44. The highest BCUT2D eigenvalue weighted by atomic mass is 16.5. The van der Waals surface area contributed by atoms with E-state index in [2.05, 4.69) is 41.7 Å². The Balaban J connectivity index is 2.04. The van der Waals surface area contributed by atoms with Crippen LogP contribution in [0.2, 0.25) is 0 Å². The molecule has 26 heavy (non-hydrogen) atoms. The van der Waals surface area contributed by atoms with Crippen LogP contribution in [0.3, 0.4) is 0 Å². The molecule has 0 saturated heterocycles. The summed E-state index contributed by atoms with van der Waals surface area (Å²) in [6.45, 7) is 2.14. The number of benzene rings is 3. The van der Waals surface area contributed by atoms with E-state index in [0.717, 1.165) is 39.8 Å². The van der Waals surface area contributed by atoms with Crippen molar-refractivity contribution in [3.63, 3.8) is 0 Å². The molecule has 3 aromatic rings. The number of hydrogen-bond donors (Lipinski definition) is 1. The minimum absolute atomic E-state index is 0.0156. The number of carbonyl (C=O) groups is 1. The molecule has 0 aliphatic heterocycles. The summed E-state index contributed by atoms with van der Waals surface area (Å²) in [7, 11) is 3.34. The number of fused-ring (bicyclic) bond motifs is 1. The molecule has 1 N–H and O–H groups in total. The fourth-order valence-electron chi connectivity index (χ4n) is 3.07. The molecule has 0 aliphatic rings. The van der Waals surface area contributed by atoms with Gasteiger partial charge in [0.1, 0.15) is 11.5 Å². The van der Waals surface area contributed by atoms with E-state index in [0.29, 0.717) is 6.54 Å². The number of rotatable bonds is 6. The average Bonchev–Trinajstić information content (AvgIpc) is 2.67. The Morgan fingerprint density at radius 1 is 0.885 bits per heavy atom. The second-order valence-electron chi connectivity index (χ2n) is 6.18. The maximum atomic E-state index is 11.2. The Kier molecular flexibility index (Phi) is 5.42. The zero-order valence-electron chi connectivity index (χ0n) is 15.3.